The van der Waals surface area contributed by atoms with Crippen LogP contribution in [0.4, 0.5) is 37.7 Å². The molecule has 0 unspecified atom stereocenters. The minimum absolute atomic E-state index is 0.234. The van der Waals surface area contributed by atoms with Gasteiger partial charge in [-0.05, 0) is 71.8 Å². The molecule has 4 aliphatic heterocycles. The first-order chi connectivity index (χ1) is 27.3. The van der Waals surface area contributed by atoms with Gasteiger partial charge in [0.15, 0.2) is 0 Å². The van der Waals surface area contributed by atoms with Crippen molar-refractivity contribution in [2.75, 3.05) is 10.6 Å². The number of aromatic nitrogens is 2. The Morgan fingerprint density at radius 2 is 0.983 bits per heavy atom. The topological polar surface area (TPSA) is 143 Å². The van der Waals surface area contributed by atoms with E-state index in [1.54, 1.807) is 12.1 Å². The van der Waals surface area contributed by atoms with E-state index in [4.69, 9.17) is 55.9 Å². The zero-order valence-corrected chi connectivity index (χ0v) is 32.3. The van der Waals surface area contributed by atoms with Crippen LogP contribution in [0.5, 0.6) is 0 Å². The number of ether oxygens (including phenoxy) is 2. The molecule has 4 fully saturated rings. The SMILES string of the molecule is O=C(Nc1ccc(Cl)c(Cl)c1)[C@@H]1[C@@H](c2ccnc(C(F)(F)F)c2)[C@H]2O[C@@H]1C[C@@H]2O.O=C(Nc1ccc(Cl)c(Cl)c1)[C@H]1[C@H](c2ccnc(C(F)(F)F)c2)[C@@H]2O[C@H]1C[C@H]2O. The molecular formula is C38H30Cl4F6N4O6. The highest BCUT2D eigenvalue weighted by Crippen LogP contribution is 2.51. The van der Waals surface area contributed by atoms with Gasteiger partial charge in [0.05, 0.1) is 68.6 Å². The Balaban J connectivity index is 0.000000177. The van der Waals surface area contributed by atoms with Gasteiger partial charge in [0.1, 0.15) is 11.4 Å². The number of pyridine rings is 2. The van der Waals surface area contributed by atoms with E-state index in [2.05, 4.69) is 20.6 Å². The number of carbonyl (C=O) groups excluding carboxylic acids is 2. The summed E-state index contributed by atoms with van der Waals surface area (Å²) in [5.41, 5.74) is -0.832. The predicted octanol–water partition coefficient (Wildman–Crippen LogP) is 8.56. The molecule has 0 saturated carbocycles. The van der Waals surface area contributed by atoms with Crippen molar-refractivity contribution in [3.05, 3.63) is 116 Å². The molecule has 6 heterocycles. The number of fused-ring (bicyclic) bond motifs is 4. The van der Waals surface area contributed by atoms with Crippen LogP contribution in [0, 0.1) is 11.8 Å². The molecule has 10 atom stereocenters. The lowest BCUT2D eigenvalue weighted by Crippen LogP contribution is -2.41. The molecule has 4 bridgehead atoms. The van der Waals surface area contributed by atoms with Gasteiger partial charge in [0.2, 0.25) is 11.8 Å². The zero-order chi connectivity index (χ0) is 41.8. The van der Waals surface area contributed by atoms with E-state index in [0.29, 0.717) is 21.4 Å². The normalized spacial score (nSPS) is 28.6. The molecule has 2 aromatic carbocycles. The van der Waals surface area contributed by atoms with Crippen LogP contribution in [0.15, 0.2) is 73.1 Å². The predicted molar refractivity (Wildman–Crippen MR) is 200 cm³/mol. The zero-order valence-electron chi connectivity index (χ0n) is 29.3. The number of halogens is 10. The van der Waals surface area contributed by atoms with E-state index < -0.39 is 95.9 Å². The van der Waals surface area contributed by atoms with Crippen LogP contribution in [-0.4, -0.2) is 68.6 Å². The van der Waals surface area contributed by atoms with Gasteiger partial charge < -0.3 is 30.3 Å². The van der Waals surface area contributed by atoms with Crippen LogP contribution in [0.3, 0.4) is 0 Å². The highest BCUT2D eigenvalue weighted by molar-refractivity contribution is 6.42. The minimum Gasteiger partial charge on any atom is -0.390 e. The highest BCUT2D eigenvalue weighted by atomic mass is 35.5. The maximum absolute atomic E-state index is 13.1. The Labute approximate surface area is 345 Å². The van der Waals surface area contributed by atoms with E-state index in [1.807, 2.05) is 0 Å². The van der Waals surface area contributed by atoms with E-state index in [9.17, 15) is 46.1 Å². The molecule has 2 aromatic heterocycles. The van der Waals surface area contributed by atoms with Crippen LogP contribution in [0.25, 0.3) is 0 Å². The summed E-state index contributed by atoms with van der Waals surface area (Å²) in [7, 11) is 0. The number of rotatable bonds is 6. The Morgan fingerprint density at radius 1 is 0.603 bits per heavy atom. The third kappa shape index (κ3) is 8.61. The van der Waals surface area contributed by atoms with Gasteiger partial charge in [-0.3, -0.25) is 19.6 Å². The van der Waals surface area contributed by atoms with Crippen LogP contribution in [0.1, 0.15) is 47.2 Å². The van der Waals surface area contributed by atoms with Crippen molar-refractivity contribution in [1.82, 2.24) is 9.97 Å². The summed E-state index contributed by atoms with van der Waals surface area (Å²) in [6, 6.07) is 13.8. The third-order valence-corrected chi connectivity index (χ3v) is 12.0. The molecule has 10 nitrogen and oxygen atoms in total. The van der Waals surface area contributed by atoms with Crippen molar-refractivity contribution < 1.29 is 55.6 Å². The molecular weight excluding hydrogens is 864 g/mol. The third-order valence-electron chi connectivity index (χ3n) is 10.6. The summed E-state index contributed by atoms with van der Waals surface area (Å²) in [6.07, 6.45) is -11.2. The molecule has 58 heavy (non-hydrogen) atoms. The molecule has 0 aliphatic carbocycles. The van der Waals surface area contributed by atoms with E-state index in [0.717, 1.165) is 24.5 Å². The summed E-state index contributed by atoms with van der Waals surface area (Å²) in [5, 5.41) is 27.0. The van der Waals surface area contributed by atoms with Crippen molar-refractivity contribution in [2.45, 2.75) is 73.7 Å². The first-order valence-electron chi connectivity index (χ1n) is 17.6. The van der Waals surface area contributed by atoms with Crippen molar-refractivity contribution in [3.63, 3.8) is 0 Å². The number of alkyl halides is 6. The lowest BCUT2D eigenvalue weighted by Gasteiger charge is -2.30. The quantitative estimate of drug-likeness (QED) is 0.141. The van der Waals surface area contributed by atoms with Crippen LogP contribution in [-0.2, 0) is 31.4 Å². The van der Waals surface area contributed by atoms with Crippen LogP contribution < -0.4 is 10.6 Å². The first kappa shape index (κ1) is 42.4. The maximum atomic E-state index is 13.1. The first-order valence-corrected chi connectivity index (χ1v) is 19.1. The molecule has 0 radical (unpaired) electrons. The highest BCUT2D eigenvalue weighted by Gasteiger charge is 2.58. The molecule has 308 valence electrons. The number of nitrogens with one attached hydrogen (secondary N) is 2. The van der Waals surface area contributed by atoms with Crippen LogP contribution in [0.2, 0.25) is 20.1 Å². The molecule has 4 saturated heterocycles. The van der Waals surface area contributed by atoms with Crippen molar-refractivity contribution >= 4 is 69.6 Å². The Hall–Kier alpha value is -3.74. The summed E-state index contributed by atoms with van der Waals surface area (Å²) in [4.78, 5) is 32.7. The summed E-state index contributed by atoms with van der Waals surface area (Å²) < 4.78 is 90.0. The van der Waals surface area contributed by atoms with E-state index >= 15 is 0 Å². The van der Waals surface area contributed by atoms with Crippen molar-refractivity contribution in [3.8, 4) is 0 Å². The Bertz CT molecular complexity index is 2070. The fraction of sp³-hybridized carbons (Fsp3) is 0.368. The average molecular weight is 894 g/mol. The number of benzene rings is 2. The molecule has 8 rings (SSSR count). The van der Waals surface area contributed by atoms with Gasteiger partial charge in [-0.2, -0.15) is 26.3 Å². The van der Waals surface area contributed by atoms with E-state index in [1.165, 1.54) is 36.4 Å². The molecule has 20 heteroatoms. The fourth-order valence-corrected chi connectivity index (χ4v) is 8.69. The van der Waals surface area contributed by atoms with Gasteiger partial charge in [-0.25, -0.2) is 0 Å². The number of nitrogens with zero attached hydrogens (tertiary/aromatic N) is 2. The Kier molecular flexibility index (Phi) is 12.0. The molecule has 4 aliphatic rings. The Morgan fingerprint density at radius 3 is 1.33 bits per heavy atom. The number of aliphatic hydroxyl groups excluding tert-OH is 2. The summed E-state index contributed by atoms with van der Waals surface area (Å²) in [5.74, 6) is -3.90. The van der Waals surface area contributed by atoms with Crippen molar-refractivity contribution in [1.29, 1.82) is 0 Å². The second-order valence-corrected chi connectivity index (χ2v) is 15.8. The lowest BCUT2D eigenvalue weighted by atomic mass is 9.74. The molecule has 0 spiro atoms. The minimum atomic E-state index is -4.62. The van der Waals surface area contributed by atoms with E-state index in [-0.39, 0.29) is 34.0 Å². The second kappa shape index (κ2) is 16.4. The van der Waals surface area contributed by atoms with Gasteiger partial charge in [-0.1, -0.05) is 46.4 Å². The van der Waals surface area contributed by atoms with Crippen LogP contribution >= 0.6 is 46.4 Å². The maximum Gasteiger partial charge on any atom is 0.433 e. The van der Waals surface area contributed by atoms with Gasteiger partial charge >= 0.3 is 12.4 Å². The van der Waals surface area contributed by atoms with Gasteiger partial charge in [0, 0.05) is 48.4 Å². The number of anilines is 2. The van der Waals surface area contributed by atoms with Gasteiger partial charge in [0.25, 0.3) is 0 Å². The molecule has 2 amide bonds. The number of amides is 2. The summed E-state index contributed by atoms with van der Waals surface area (Å²) >= 11 is 23.7. The molecule has 4 aromatic rings. The standard InChI is InChI=1S/2C19H15Cl2F3N2O3/c2*20-10-2-1-9(6-11(10)21)26-18(28)16-13-7-12(27)17(29-13)15(16)8-3-4-25-14(5-8)19(22,23)24/h2*1-6,12-13,15-17,27H,7H2,(H,26,28)/t2*12-,13+,15+,16-,17-/m10/s1. The van der Waals surface area contributed by atoms with Gasteiger partial charge in [-0.15, -0.1) is 0 Å². The number of carbonyl (C=O) groups is 2. The monoisotopic (exact) mass is 892 g/mol. The average Bonchev–Trinajstić information content (AvgIpc) is 3.93. The number of aliphatic hydroxyl groups is 2. The lowest BCUT2D eigenvalue weighted by molar-refractivity contribution is -0.142. The second-order valence-electron chi connectivity index (χ2n) is 14.2. The number of hydrogen-bond acceptors (Lipinski definition) is 8. The number of hydrogen-bond donors (Lipinski definition) is 4. The molecule has 4 N–H and O–H groups in total. The smallest absolute Gasteiger partial charge is 0.390 e. The largest absolute Gasteiger partial charge is 0.433 e. The van der Waals surface area contributed by atoms with Crippen molar-refractivity contribution in [2.24, 2.45) is 11.8 Å². The fourth-order valence-electron chi connectivity index (χ4n) is 8.10. The summed E-state index contributed by atoms with van der Waals surface area (Å²) in [6.45, 7) is 0.